The number of likely N-dealkylation sites (N-methyl/N-ethyl adjacent to an activating group) is 1. The fraction of sp³-hybridized carbons (Fsp3) is 0.429. The van der Waals surface area contributed by atoms with Crippen molar-refractivity contribution in [2.75, 3.05) is 26.7 Å². The second kappa shape index (κ2) is 7.41. The van der Waals surface area contributed by atoms with Gasteiger partial charge in [0.25, 0.3) is 11.8 Å². The fourth-order valence-electron chi connectivity index (χ4n) is 1.48. The number of nitrogens with one attached hydrogen (secondary N) is 1. The first-order chi connectivity index (χ1) is 9.08. The number of nitrogens with zero attached hydrogens (tertiary/aromatic N) is 1. The molecule has 1 rings (SSSR count). The lowest BCUT2D eigenvalue weighted by Crippen LogP contribution is -2.28. The maximum Gasteiger partial charge on any atom is 0.257 e. The summed E-state index contributed by atoms with van der Waals surface area (Å²) >= 11 is 0. The van der Waals surface area contributed by atoms with Gasteiger partial charge >= 0.3 is 0 Å². The molecule has 1 aromatic rings. The molecule has 0 atom stereocenters. The average molecular weight is 264 g/mol. The van der Waals surface area contributed by atoms with E-state index in [2.05, 4.69) is 5.32 Å². The summed E-state index contributed by atoms with van der Waals surface area (Å²) in [6.07, 6.45) is 0. The Morgan fingerprint density at radius 3 is 2.68 bits per heavy atom. The minimum Gasteiger partial charge on any atom is -0.484 e. The minimum atomic E-state index is -0.176. The van der Waals surface area contributed by atoms with Crippen LogP contribution in [-0.4, -0.2) is 43.5 Å². The topological polar surface area (TPSA) is 58.6 Å². The van der Waals surface area contributed by atoms with Gasteiger partial charge in [-0.2, -0.15) is 0 Å². The van der Waals surface area contributed by atoms with E-state index in [1.807, 2.05) is 13.8 Å². The van der Waals surface area contributed by atoms with Gasteiger partial charge in [-0.25, -0.2) is 0 Å². The zero-order valence-electron chi connectivity index (χ0n) is 11.6. The average Bonchev–Trinajstić information content (AvgIpc) is 2.44. The molecule has 0 aromatic heterocycles. The van der Waals surface area contributed by atoms with Crippen LogP contribution >= 0.6 is 0 Å². The standard InChI is InChI=1S/C14H20N2O3/c1-4-15-13(17)10-19-12-8-6-7-11(9-12)14(18)16(3)5-2/h6-9H,4-5,10H2,1-3H3,(H,15,17). The molecule has 1 N–H and O–H groups in total. The van der Waals surface area contributed by atoms with E-state index in [0.717, 1.165) is 0 Å². The van der Waals surface area contributed by atoms with Gasteiger partial charge in [-0.3, -0.25) is 9.59 Å². The van der Waals surface area contributed by atoms with Gasteiger partial charge in [-0.15, -0.1) is 0 Å². The van der Waals surface area contributed by atoms with Crippen LogP contribution < -0.4 is 10.1 Å². The number of hydrogen-bond donors (Lipinski definition) is 1. The third kappa shape index (κ3) is 4.62. The van der Waals surface area contributed by atoms with Crippen LogP contribution in [0.25, 0.3) is 0 Å². The molecule has 0 fully saturated rings. The number of ether oxygens (including phenoxy) is 1. The lowest BCUT2D eigenvalue weighted by Gasteiger charge is -2.15. The largest absolute Gasteiger partial charge is 0.484 e. The lowest BCUT2D eigenvalue weighted by molar-refractivity contribution is -0.122. The Hall–Kier alpha value is -2.04. The molecule has 0 bridgehead atoms. The van der Waals surface area contributed by atoms with Crippen molar-refractivity contribution in [2.24, 2.45) is 0 Å². The molecular formula is C14H20N2O3. The molecule has 1 aromatic carbocycles. The predicted molar refractivity (Wildman–Crippen MR) is 73.3 cm³/mol. The first kappa shape index (κ1) is 15.0. The normalized spacial score (nSPS) is 9.84. The summed E-state index contributed by atoms with van der Waals surface area (Å²) in [4.78, 5) is 24.9. The number of benzene rings is 1. The molecular weight excluding hydrogens is 244 g/mol. The van der Waals surface area contributed by atoms with Crippen LogP contribution in [0.15, 0.2) is 24.3 Å². The molecule has 0 aliphatic carbocycles. The van der Waals surface area contributed by atoms with E-state index in [-0.39, 0.29) is 18.4 Å². The van der Waals surface area contributed by atoms with Crippen molar-refractivity contribution in [2.45, 2.75) is 13.8 Å². The van der Waals surface area contributed by atoms with Crippen LogP contribution in [0.5, 0.6) is 5.75 Å². The van der Waals surface area contributed by atoms with Gasteiger partial charge in [0.15, 0.2) is 6.61 Å². The third-order valence-corrected chi connectivity index (χ3v) is 2.65. The van der Waals surface area contributed by atoms with E-state index in [9.17, 15) is 9.59 Å². The number of hydrogen-bond acceptors (Lipinski definition) is 3. The molecule has 0 spiro atoms. The Kier molecular flexibility index (Phi) is 5.85. The van der Waals surface area contributed by atoms with Gasteiger partial charge in [0, 0.05) is 25.7 Å². The highest BCUT2D eigenvalue weighted by atomic mass is 16.5. The van der Waals surface area contributed by atoms with Crippen molar-refractivity contribution < 1.29 is 14.3 Å². The predicted octanol–water partition coefficient (Wildman–Crippen LogP) is 1.29. The van der Waals surface area contributed by atoms with E-state index in [1.165, 1.54) is 0 Å². The second-order valence-corrected chi connectivity index (χ2v) is 4.09. The fourth-order valence-corrected chi connectivity index (χ4v) is 1.48. The van der Waals surface area contributed by atoms with Crippen LogP contribution in [0.2, 0.25) is 0 Å². The van der Waals surface area contributed by atoms with Crippen molar-refractivity contribution in [1.29, 1.82) is 0 Å². The highest BCUT2D eigenvalue weighted by Gasteiger charge is 2.11. The van der Waals surface area contributed by atoms with Crippen LogP contribution in [0.1, 0.15) is 24.2 Å². The Balaban J connectivity index is 2.67. The summed E-state index contributed by atoms with van der Waals surface area (Å²) in [5.41, 5.74) is 0.553. The summed E-state index contributed by atoms with van der Waals surface area (Å²) < 4.78 is 5.34. The summed E-state index contributed by atoms with van der Waals surface area (Å²) in [7, 11) is 1.74. The van der Waals surface area contributed by atoms with E-state index < -0.39 is 0 Å². The highest BCUT2D eigenvalue weighted by molar-refractivity contribution is 5.94. The van der Waals surface area contributed by atoms with Crippen LogP contribution in [0.3, 0.4) is 0 Å². The summed E-state index contributed by atoms with van der Waals surface area (Å²) in [5.74, 6) is 0.275. The van der Waals surface area contributed by atoms with Gasteiger partial charge in [-0.05, 0) is 32.0 Å². The summed E-state index contributed by atoms with van der Waals surface area (Å²) in [5, 5.41) is 2.64. The Morgan fingerprint density at radius 2 is 2.05 bits per heavy atom. The van der Waals surface area contributed by atoms with Gasteiger partial charge < -0.3 is 15.0 Å². The van der Waals surface area contributed by atoms with Crippen molar-refractivity contribution >= 4 is 11.8 Å². The zero-order chi connectivity index (χ0) is 14.3. The Bertz CT molecular complexity index is 446. The monoisotopic (exact) mass is 264 g/mol. The van der Waals surface area contributed by atoms with Crippen LogP contribution in [0.4, 0.5) is 0 Å². The quantitative estimate of drug-likeness (QED) is 0.842. The van der Waals surface area contributed by atoms with Crippen LogP contribution in [-0.2, 0) is 4.79 Å². The number of carbonyl (C=O) groups is 2. The van der Waals surface area contributed by atoms with E-state index in [4.69, 9.17) is 4.74 Å². The van der Waals surface area contributed by atoms with Crippen molar-refractivity contribution in [3.8, 4) is 5.75 Å². The SMILES string of the molecule is CCNC(=O)COc1cccc(C(=O)N(C)CC)c1. The Morgan fingerprint density at radius 1 is 1.32 bits per heavy atom. The van der Waals surface area contributed by atoms with Gasteiger partial charge in [0.05, 0.1) is 0 Å². The zero-order valence-corrected chi connectivity index (χ0v) is 11.6. The first-order valence-corrected chi connectivity index (χ1v) is 6.33. The van der Waals surface area contributed by atoms with E-state index in [0.29, 0.717) is 24.4 Å². The number of carbonyl (C=O) groups excluding carboxylic acids is 2. The molecule has 104 valence electrons. The molecule has 0 heterocycles. The minimum absolute atomic E-state index is 0.0465. The second-order valence-electron chi connectivity index (χ2n) is 4.09. The number of amides is 2. The first-order valence-electron chi connectivity index (χ1n) is 6.33. The molecule has 0 aliphatic heterocycles. The van der Waals surface area contributed by atoms with Crippen molar-refractivity contribution in [3.05, 3.63) is 29.8 Å². The van der Waals surface area contributed by atoms with E-state index in [1.54, 1.807) is 36.2 Å². The smallest absolute Gasteiger partial charge is 0.257 e. The van der Waals surface area contributed by atoms with Gasteiger partial charge in [0.1, 0.15) is 5.75 Å². The molecule has 0 radical (unpaired) electrons. The molecule has 0 saturated carbocycles. The number of rotatable bonds is 6. The van der Waals surface area contributed by atoms with Crippen molar-refractivity contribution in [1.82, 2.24) is 10.2 Å². The Labute approximate surface area is 113 Å². The van der Waals surface area contributed by atoms with Crippen molar-refractivity contribution in [3.63, 3.8) is 0 Å². The molecule has 0 saturated heterocycles. The summed E-state index contributed by atoms with van der Waals surface area (Å²) in [6, 6.07) is 6.84. The lowest BCUT2D eigenvalue weighted by atomic mass is 10.2. The van der Waals surface area contributed by atoms with Gasteiger partial charge in [0.2, 0.25) is 0 Å². The highest BCUT2D eigenvalue weighted by Crippen LogP contribution is 2.14. The van der Waals surface area contributed by atoms with Crippen LogP contribution in [0, 0.1) is 0 Å². The molecule has 0 aliphatic rings. The maximum absolute atomic E-state index is 12.0. The molecule has 2 amide bonds. The third-order valence-electron chi connectivity index (χ3n) is 2.65. The maximum atomic E-state index is 12.0. The summed E-state index contributed by atoms with van der Waals surface area (Å²) in [6.45, 7) is 4.92. The van der Waals surface area contributed by atoms with Gasteiger partial charge in [-0.1, -0.05) is 6.07 Å². The molecule has 5 heteroatoms. The molecule has 19 heavy (non-hydrogen) atoms. The van der Waals surface area contributed by atoms with E-state index >= 15 is 0 Å². The molecule has 5 nitrogen and oxygen atoms in total. The molecule has 0 unspecified atom stereocenters.